The third-order valence-electron chi connectivity index (χ3n) is 3.61. The fourth-order valence-electron chi connectivity index (χ4n) is 2.42. The van der Waals surface area contributed by atoms with Gasteiger partial charge in [-0.2, -0.15) is 0 Å². The molecule has 1 amide bonds. The lowest BCUT2D eigenvalue weighted by molar-refractivity contribution is -0.384. The standard InChI is InChI=1S/C16H10N4O3S3/c1-24-16-18-11-6-5-10-12(13(11)26-16)25-15(17-10)19-14(21)8-3-2-4-9(7-8)20(22)23/h2-7H,1H3,(H,17,19,21). The Balaban J connectivity index is 1.67. The minimum absolute atomic E-state index is 0.127. The van der Waals surface area contributed by atoms with Gasteiger partial charge in [-0.25, -0.2) is 9.97 Å². The molecule has 0 aliphatic rings. The predicted octanol–water partition coefficient (Wildman–Crippen LogP) is 4.79. The lowest BCUT2D eigenvalue weighted by Crippen LogP contribution is -2.11. The van der Waals surface area contributed by atoms with Gasteiger partial charge in [0.2, 0.25) is 0 Å². The summed E-state index contributed by atoms with van der Waals surface area (Å²) in [5, 5.41) is 14.0. The molecule has 2 aromatic carbocycles. The zero-order valence-electron chi connectivity index (χ0n) is 13.3. The third kappa shape index (κ3) is 3.02. The van der Waals surface area contributed by atoms with E-state index >= 15 is 0 Å². The number of rotatable bonds is 4. The lowest BCUT2D eigenvalue weighted by atomic mass is 10.2. The summed E-state index contributed by atoms with van der Waals surface area (Å²) in [5.41, 5.74) is 1.78. The number of thiazole rings is 2. The van der Waals surface area contributed by atoms with Crippen LogP contribution in [0.3, 0.4) is 0 Å². The fourth-order valence-corrected chi connectivity index (χ4v) is 5.08. The van der Waals surface area contributed by atoms with E-state index in [4.69, 9.17) is 0 Å². The summed E-state index contributed by atoms with van der Waals surface area (Å²) >= 11 is 4.55. The van der Waals surface area contributed by atoms with Gasteiger partial charge in [-0.15, -0.1) is 11.3 Å². The van der Waals surface area contributed by atoms with E-state index in [0.29, 0.717) is 5.13 Å². The van der Waals surface area contributed by atoms with Crippen LogP contribution >= 0.6 is 34.4 Å². The van der Waals surface area contributed by atoms with Gasteiger partial charge in [0.05, 0.1) is 25.4 Å². The predicted molar refractivity (Wildman–Crippen MR) is 106 cm³/mol. The monoisotopic (exact) mass is 402 g/mol. The summed E-state index contributed by atoms with van der Waals surface area (Å²) < 4.78 is 2.98. The van der Waals surface area contributed by atoms with Gasteiger partial charge in [0.1, 0.15) is 0 Å². The van der Waals surface area contributed by atoms with Crippen molar-refractivity contribution in [2.24, 2.45) is 0 Å². The number of non-ortho nitro benzene ring substituents is 1. The molecule has 0 fully saturated rings. The highest BCUT2D eigenvalue weighted by Gasteiger charge is 2.15. The molecule has 0 saturated carbocycles. The zero-order chi connectivity index (χ0) is 18.3. The van der Waals surface area contributed by atoms with Crippen LogP contribution in [0.25, 0.3) is 20.4 Å². The summed E-state index contributed by atoms with van der Waals surface area (Å²) in [6.07, 6.45) is 1.98. The molecule has 4 aromatic rings. The highest BCUT2D eigenvalue weighted by Crippen LogP contribution is 2.38. The molecule has 2 heterocycles. The molecule has 0 bridgehead atoms. The number of thioether (sulfide) groups is 1. The molecule has 0 unspecified atom stereocenters. The highest BCUT2D eigenvalue weighted by atomic mass is 32.2. The number of aromatic nitrogens is 2. The molecule has 4 rings (SSSR count). The first-order valence-corrected chi connectivity index (χ1v) is 10.2. The number of anilines is 1. The molecule has 0 atom stereocenters. The number of carbonyl (C=O) groups is 1. The molecule has 0 saturated heterocycles. The minimum atomic E-state index is -0.529. The third-order valence-corrected chi connectivity index (χ3v) is 6.81. The van der Waals surface area contributed by atoms with Gasteiger partial charge in [-0.1, -0.05) is 29.2 Å². The van der Waals surface area contributed by atoms with Crippen LogP contribution in [0.15, 0.2) is 40.7 Å². The second-order valence-electron chi connectivity index (χ2n) is 5.23. The Bertz CT molecular complexity index is 1170. The number of nitro benzene ring substituents is 1. The molecule has 0 aliphatic heterocycles. The van der Waals surface area contributed by atoms with Crippen LogP contribution in [0.1, 0.15) is 10.4 Å². The average molecular weight is 402 g/mol. The maximum absolute atomic E-state index is 12.4. The van der Waals surface area contributed by atoms with E-state index < -0.39 is 10.8 Å². The van der Waals surface area contributed by atoms with Crippen molar-refractivity contribution in [2.45, 2.75) is 4.34 Å². The summed E-state index contributed by atoms with van der Waals surface area (Å²) in [6.45, 7) is 0. The van der Waals surface area contributed by atoms with Gasteiger partial charge in [-0.3, -0.25) is 20.2 Å². The number of amides is 1. The first kappa shape index (κ1) is 16.9. The van der Waals surface area contributed by atoms with Crippen molar-refractivity contribution in [2.75, 3.05) is 11.6 Å². The smallest absolute Gasteiger partial charge is 0.270 e. The normalized spacial score (nSPS) is 11.1. The molecule has 10 heteroatoms. The fraction of sp³-hybridized carbons (Fsp3) is 0.0625. The van der Waals surface area contributed by atoms with Gasteiger partial charge in [-0.05, 0) is 24.5 Å². The maximum Gasteiger partial charge on any atom is 0.270 e. The quantitative estimate of drug-likeness (QED) is 0.299. The van der Waals surface area contributed by atoms with Gasteiger partial charge >= 0.3 is 0 Å². The van der Waals surface area contributed by atoms with E-state index in [1.807, 2.05) is 18.4 Å². The van der Waals surface area contributed by atoms with Crippen molar-refractivity contribution in [3.05, 3.63) is 52.1 Å². The van der Waals surface area contributed by atoms with Gasteiger partial charge in [0.15, 0.2) is 9.47 Å². The SMILES string of the molecule is CSc1nc2ccc3nc(NC(=O)c4cccc([N+](=O)[O-])c4)sc3c2s1. The van der Waals surface area contributed by atoms with Crippen molar-refractivity contribution < 1.29 is 9.72 Å². The van der Waals surface area contributed by atoms with E-state index in [2.05, 4.69) is 15.3 Å². The zero-order valence-corrected chi connectivity index (χ0v) is 15.7. The number of hydrogen-bond donors (Lipinski definition) is 1. The molecule has 1 N–H and O–H groups in total. The number of fused-ring (bicyclic) bond motifs is 3. The Morgan fingerprint density at radius 3 is 2.62 bits per heavy atom. The molecule has 130 valence electrons. The molecule has 7 nitrogen and oxygen atoms in total. The van der Waals surface area contributed by atoms with E-state index in [1.165, 1.54) is 35.6 Å². The number of carbonyl (C=O) groups excluding carboxylic acids is 1. The van der Waals surface area contributed by atoms with Crippen LogP contribution in [0.4, 0.5) is 10.8 Å². The van der Waals surface area contributed by atoms with Gasteiger partial charge < -0.3 is 0 Å². The maximum atomic E-state index is 12.4. The summed E-state index contributed by atoms with van der Waals surface area (Å²) in [7, 11) is 0. The van der Waals surface area contributed by atoms with E-state index in [-0.39, 0.29) is 11.3 Å². The van der Waals surface area contributed by atoms with Crippen molar-refractivity contribution >= 4 is 71.6 Å². The van der Waals surface area contributed by atoms with Gasteiger partial charge in [0, 0.05) is 17.7 Å². The van der Waals surface area contributed by atoms with Crippen molar-refractivity contribution in [3.63, 3.8) is 0 Å². The first-order valence-electron chi connectivity index (χ1n) is 7.35. The Kier molecular flexibility index (Phi) is 4.31. The Hall–Kier alpha value is -2.56. The second kappa shape index (κ2) is 6.63. The van der Waals surface area contributed by atoms with Crippen LogP contribution in [-0.4, -0.2) is 27.1 Å². The summed E-state index contributed by atoms with van der Waals surface area (Å²) in [6, 6.07) is 9.39. The minimum Gasteiger partial charge on any atom is -0.298 e. The van der Waals surface area contributed by atoms with Crippen LogP contribution in [0.2, 0.25) is 0 Å². The summed E-state index contributed by atoms with van der Waals surface area (Å²) in [4.78, 5) is 31.7. The largest absolute Gasteiger partial charge is 0.298 e. The average Bonchev–Trinajstić information content (AvgIpc) is 3.24. The molecule has 0 radical (unpaired) electrons. The number of hydrogen-bond acceptors (Lipinski definition) is 8. The molecular weight excluding hydrogens is 392 g/mol. The Morgan fingerprint density at radius 2 is 1.88 bits per heavy atom. The number of benzene rings is 2. The van der Waals surface area contributed by atoms with Crippen molar-refractivity contribution in [1.29, 1.82) is 0 Å². The number of nitro groups is 1. The van der Waals surface area contributed by atoms with Crippen LogP contribution in [-0.2, 0) is 0 Å². The van der Waals surface area contributed by atoms with Crippen molar-refractivity contribution in [3.8, 4) is 0 Å². The molecule has 0 spiro atoms. The van der Waals surface area contributed by atoms with E-state index in [9.17, 15) is 14.9 Å². The van der Waals surface area contributed by atoms with Crippen LogP contribution < -0.4 is 5.32 Å². The molecule has 2 aromatic heterocycles. The number of nitrogens with one attached hydrogen (secondary N) is 1. The number of nitrogens with zero attached hydrogens (tertiary/aromatic N) is 3. The molecule has 0 aliphatic carbocycles. The first-order chi connectivity index (χ1) is 12.5. The topological polar surface area (TPSA) is 98.0 Å². The molecule has 26 heavy (non-hydrogen) atoms. The highest BCUT2D eigenvalue weighted by molar-refractivity contribution is 8.00. The lowest BCUT2D eigenvalue weighted by Gasteiger charge is -2.01. The van der Waals surface area contributed by atoms with E-state index in [1.54, 1.807) is 23.1 Å². The van der Waals surface area contributed by atoms with E-state index in [0.717, 1.165) is 24.8 Å². The Morgan fingerprint density at radius 1 is 1.15 bits per heavy atom. The van der Waals surface area contributed by atoms with Gasteiger partial charge in [0.25, 0.3) is 11.6 Å². The second-order valence-corrected chi connectivity index (χ2v) is 8.28. The Labute approximate surface area is 159 Å². The molecular formula is C16H10N4O3S3. The summed E-state index contributed by atoms with van der Waals surface area (Å²) in [5.74, 6) is -0.432. The van der Waals surface area contributed by atoms with Crippen LogP contribution in [0, 0.1) is 10.1 Å². The van der Waals surface area contributed by atoms with Crippen LogP contribution in [0.5, 0.6) is 0 Å². The van der Waals surface area contributed by atoms with Crippen molar-refractivity contribution in [1.82, 2.24) is 9.97 Å².